The van der Waals surface area contributed by atoms with Crippen LogP contribution in [0.2, 0.25) is 5.02 Å². The second-order valence-corrected chi connectivity index (χ2v) is 7.82. The van der Waals surface area contributed by atoms with E-state index >= 15 is 0 Å². The van der Waals surface area contributed by atoms with Gasteiger partial charge in [-0.2, -0.15) is 18.1 Å². The van der Waals surface area contributed by atoms with Gasteiger partial charge in [0.2, 0.25) is 5.91 Å². The number of carboxylic acid groups (broad SMARTS) is 1. The predicted molar refractivity (Wildman–Crippen MR) is 118 cm³/mol. The monoisotopic (exact) mass is 492 g/mol. The lowest BCUT2D eigenvalue weighted by molar-refractivity contribution is -0.213. The number of carbonyl (C=O) groups excluding carboxylic acids is 1. The lowest BCUT2D eigenvalue weighted by Gasteiger charge is -2.13. The summed E-state index contributed by atoms with van der Waals surface area (Å²) >= 11 is 5.95. The van der Waals surface area contributed by atoms with E-state index in [9.17, 15) is 22.8 Å². The molecule has 0 unspecified atom stereocenters. The summed E-state index contributed by atoms with van der Waals surface area (Å²) in [4.78, 5) is 32.6. The molecule has 0 aliphatic carbocycles. The van der Waals surface area contributed by atoms with E-state index in [1.165, 1.54) is 6.07 Å². The molecule has 0 bridgehead atoms. The third-order valence-electron chi connectivity index (χ3n) is 5.13. The van der Waals surface area contributed by atoms with Gasteiger partial charge in [-0.25, -0.2) is 4.79 Å². The fourth-order valence-corrected chi connectivity index (χ4v) is 3.87. The highest BCUT2D eigenvalue weighted by atomic mass is 35.5. The van der Waals surface area contributed by atoms with Gasteiger partial charge in [-0.05, 0) is 42.0 Å². The molecule has 3 N–H and O–H groups in total. The number of nitrogens with zero attached hydrogens (tertiary/aromatic N) is 1. The summed E-state index contributed by atoms with van der Waals surface area (Å²) in [6, 6.07) is 13.0. The first-order chi connectivity index (χ1) is 16.1. The number of nitrogens with two attached hydrogens (primary N) is 1. The van der Waals surface area contributed by atoms with Crippen LogP contribution >= 0.6 is 11.6 Å². The maximum absolute atomic E-state index is 13.7. The zero-order valence-corrected chi connectivity index (χ0v) is 18.0. The summed E-state index contributed by atoms with van der Waals surface area (Å²) in [5.41, 5.74) is 5.79. The number of alkyl halides is 3. The van der Waals surface area contributed by atoms with Gasteiger partial charge in [0.25, 0.3) is 0 Å². The molecule has 176 valence electrons. The average molecular weight is 493 g/mol. The molecule has 7 nitrogen and oxygen atoms in total. The zero-order chi connectivity index (χ0) is 24.6. The number of primary amides is 1. The molecular weight excluding hydrogens is 477 g/mol. The van der Waals surface area contributed by atoms with Crippen LogP contribution in [0.15, 0.2) is 54.6 Å². The Morgan fingerprint density at radius 3 is 2.35 bits per heavy atom. The Bertz CT molecular complexity index is 1410. The van der Waals surface area contributed by atoms with E-state index in [1.54, 1.807) is 41.0 Å². The van der Waals surface area contributed by atoms with Crippen LogP contribution in [0.3, 0.4) is 0 Å². The molecule has 1 aromatic heterocycles. The number of aliphatic carboxylic acids is 1. The van der Waals surface area contributed by atoms with Gasteiger partial charge in [0.15, 0.2) is 12.4 Å². The normalized spacial score (nSPS) is 11.8. The van der Waals surface area contributed by atoms with Crippen LogP contribution in [0, 0.1) is 0 Å². The van der Waals surface area contributed by atoms with Gasteiger partial charge in [0, 0.05) is 22.5 Å². The molecule has 1 heterocycles. The van der Waals surface area contributed by atoms with E-state index in [4.69, 9.17) is 27.3 Å². The van der Waals surface area contributed by atoms with Crippen LogP contribution in [-0.4, -0.2) is 28.2 Å². The van der Waals surface area contributed by atoms with E-state index in [0.29, 0.717) is 16.6 Å². The van der Waals surface area contributed by atoms with Gasteiger partial charge >= 0.3 is 12.1 Å². The van der Waals surface area contributed by atoms with Crippen LogP contribution in [0.25, 0.3) is 21.8 Å². The van der Waals surface area contributed by atoms with Crippen LogP contribution in [0.1, 0.15) is 21.5 Å². The predicted octanol–water partition coefficient (Wildman–Crippen LogP) is 5.01. The lowest BCUT2D eigenvalue weighted by atomic mass is 10.0. The van der Waals surface area contributed by atoms with Crippen molar-refractivity contribution in [3.63, 3.8) is 0 Å². The van der Waals surface area contributed by atoms with Gasteiger partial charge < -0.3 is 20.3 Å². The smallest absolute Gasteiger partial charge is 0.416 e. The Morgan fingerprint density at radius 1 is 1.03 bits per heavy atom. The SMILES string of the molecule is NC(=O)c1cccc2c1c1c(OOCC(=O)O)cc(C(F)(F)F)cc1n2Cc1ccc(Cl)cc1. The topological polar surface area (TPSA) is 104 Å². The Kier molecular flexibility index (Phi) is 6.11. The maximum atomic E-state index is 13.7. The molecule has 11 heteroatoms. The number of amides is 1. The number of halogens is 4. The molecule has 0 fully saturated rings. The summed E-state index contributed by atoms with van der Waals surface area (Å²) < 4.78 is 42.8. The first-order valence-electron chi connectivity index (χ1n) is 9.78. The number of aromatic nitrogens is 1. The quantitative estimate of drug-likeness (QED) is 0.279. The van der Waals surface area contributed by atoms with Crippen molar-refractivity contribution in [1.82, 2.24) is 4.57 Å². The molecule has 0 radical (unpaired) electrons. The molecule has 0 saturated heterocycles. The Labute approximate surface area is 195 Å². The molecular formula is C23H16ClF3N2O5. The summed E-state index contributed by atoms with van der Waals surface area (Å²) in [5, 5.41) is 9.67. The van der Waals surface area contributed by atoms with Crippen LogP contribution in [0.5, 0.6) is 5.75 Å². The highest BCUT2D eigenvalue weighted by molar-refractivity contribution is 6.30. The van der Waals surface area contributed by atoms with Crippen molar-refractivity contribution >= 4 is 45.3 Å². The third-order valence-corrected chi connectivity index (χ3v) is 5.39. The van der Waals surface area contributed by atoms with Gasteiger partial charge in [0.05, 0.1) is 22.0 Å². The zero-order valence-electron chi connectivity index (χ0n) is 17.2. The number of hydrogen-bond donors (Lipinski definition) is 2. The largest absolute Gasteiger partial charge is 0.479 e. The van der Waals surface area contributed by atoms with Crippen molar-refractivity contribution in [1.29, 1.82) is 0 Å². The minimum atomic E-state index is -4.74. The molecule has 0 saturated carbocycles. The highest BCUT2D eigenvalue weighted by Gasteiger charge is 2.33. The van der Waals surface area contributed by atoms with Crippen molar-refractivity contribution in [2.75, 3.05) is 6.61 Å². The standard InChI is InChI=1S/C23H16ClF3N2O5/c24-14-6-4-12(5-7-14)10-29-16-3-1-2-15(22(28)32)20(16)21-17(29)8-13(23(25,26)27)9-18(21)34-33-11-19(30)31/h1-9H,10-11H2,(H2,28,32)(H,30,31). The van der Waals surface area contributed by atoms with E-state index in [0.717, 1.165) is 11.6 Å². The number of carbonyl (C=O) groups is 2. The van der Waals surface area contributed by atoms with Crippen molar-refractivity contribution < 1.29 is 37.6 Å². The summed E-state index contributed by atoms with van der Waals surface area (Å²) in [7, 11) is 0. The van der Waals surface area contributed by atoms with Crippen LogP contribution in [0.4, 0.5) is 13.2 Å². The van der Waals surface area contributed by atoms with Crippen LogP contribution < -0.4 is 10.6 Å². The minimum Gasteiger partial charge on any atom is -0.479 e. The highest BCUT2D eigenvalue weighted by Crippen LogP contribution is 2.42. The molecule has 4 aromatic rings. The average Bonchev–Trinajstić information content (AvgIpc) is 3.08. The Hall–Kier alpha value is -3.76. The Morgan fingerprint density at radius 2 is 1.74 bits per heavy atom. The molecule has 1 amide bonds. The molecule has 0 spiro atoms. The fraction of sp³-hybridized carbons (Fsp3) is 0.130. The van der Waals surface area contributed by atoms with Gasteiger partial charge in [-0.15, -0.1) is 0 Å². The second kappa shape index (κ2) is 8.88. The van der Waals surface area contributed by atoms with E-state index < -0.39 is 36.0 Å². The summed E-state index contributed by atoms with van der Waals surface area (Å²) in [6.07, 6.45) is -4.74. The van der Waals surface area contributed by atoms with Crippen LogP contribution in [-0.2, 0) is 22.4 Å². The lowest BCUT2D eigenvalue weighted by Crippen LogP contribution is -2.12. The van der Waals surface area contributed by atoms with E-state index in [-0.39, 0.29) is 28.4 Å². The van der Waals surface area contributed by atoms with Gasteiger partial charge in [0.1, 0.15) is 0 Å². The Balaban J connectivity index is 2.05. The molecule has 0 atom stereocenters. The number of hydrogen-bond acceptors (Lipinski definition) is 4. The maximum Gasteiger partial charge on any atom is 0.416 e. The number of benzene rings is 3. The van der Waals surface area contributed by atoms with Gasteiger partial charge in [-0.3, -0.25) is 4.79 Å². The van der Waals surface area contributed by atoms with E-state index in [1.807, 2.05) is 0 Å². The first kappa shape index (κ1) is 23.4. The molecule has 34 heavy (non-hydrogen) atoms. The fourth-order valence-electron chi connectivity index (χ4n) is 3.74. The molecule has 3 aromatic carbocycles. The van der Waals surface area contributed by atoms with Gasteiger partial charge in [-0.1, -0.05) is 29.8 Å². The summed E-state index contributed by atoms with van der Waals surface area (Å²) in [6.45, 7) is -0.778. The van der Waals surface area contributed by atoms with E-state index in [2.05, 4.69) is 4.89 Å². The third kappa shape index (κ3) is 4.50. The van der Waals surface area contributed by atoms with Crippen molar-refractivity contribution in [2.45, 2.75) is 12.7 Å². The molecule has 0 aliphatic heterocycles. The van der Waals surface area contributed by atoms with Crippen molar-refractivity contribution in [3.8, 4) is 5.75 Å². The molecule has 4 rings (SSSR count). The summed E-state index contributed by atoms with van der Waals surface area (Å²) in [5.74, 6) is -2.58. The number of carboxylic acids is 1. The number of rotatable bonds is 7. The first-order valence-corrected chi connectivity index (χ1v) is 10.2. The second-order valence-electron chi connectivity index (χ2n) is 7.38. The van der Waals surface area contributed by atoms with Crippen molar-refractivity contribution in [3.05, 3.63) is 76.3 Å². The van der Waals surface area contributed by atoms with Crippen molar-refractivity contribution in [2.24, 2.45) is 5.73 Å². The number of fused-ring (bicyclic) bond motifs is 3. The molecule has 0 aliphatic rings. The minimum absolute atomic E-state index is 0.0557.